The first kappa shape index (κ1) is 14.8. The van der Waals surface area contributed by atoms with Gasteiger partial charge in [0.15, 0.2) is 0 Å². The van der Waals surface area contributed by atoms with Gasteiger partial charge in [0.25, 0.3) is 0 Å². The predicted molar refractivity (Wildman–Crippen MR) is 87.8 cm³/mol. The highest BCUT2D eigenvalue weighted by atomic mass is 32.2. The van der Waals surface area contributed by atoms with Gasteiger partial charge in [0.2, 0.25) is 0 Å². The van der Waals surface area contributed by atoms with Crippen molar-refractivity contribution in [2.75, 3.05) is 11.4 Å². The van der Waals surface area contributed by atoms with Gasteiger partial charge in [-0.2, -0.15) is 0 Å². The standard InChI is InChI=1S/C17H27NS/c1-10(2)15-8-12(5)14(7)17-16(15)18(11(3)4)9-13(6)19-17/h8,10-11,13H,9H2,1-7H3/t13-/m0/s1. The Bertz CT molecular complexity index is 477. The van der Waals surface area contributed by atoms with Crippen molar-refractivity contribution >= 4 is 17.4 Å². The van der Waals surface area contributed by atoms with Crippen LogP contribution in [0.5, 0.6) is 0 Å². The molecule has 0 fully saturated rings. The molecule has 0 bridgehead atoms. The molecule has 19 heavy (non-hydrogen) atoms. The molecule has 0 amide bonds. The molecule has 1 heterocycles. The first-order valence-electron chi connectivity index (χ1n) is 7.40. The highest BCUT2D eigenvalue weighted by Crippen LogP contribution is 2.46. The Labute approximate surface area is 122 Å². The normalized spacial score (nSPS) is 19.2. The maximum absolute atomic E-state index is 2.61. The predicted octanol–water partition coefficient (Wildman–Crippen LogP) is 5.14. The Hall–Kier alpha value is -0.630. The monoisotopic (exact) mass is 277 g/mol. The van der Waals surface area contributed by atoms with Crippen LogP contribution in [0, 0.1) is 13.8 Å². The van der Waals surface area contributed by atoms with Gasteiger partial charge < -0.3 is 4.90 Å². The third-order valence-corrected chi connectivity index (χ3v) is 5.38. The molecule has 1 aliphatic heterocycles. The van der Waals surface area contributed by atoms with Crippen LogP contribution in [0.3, 0.4) is 0 Å². The van der Waals surface area contributed by atoms with Crippen LogP contribution in [0.4, 0.5) is 5.69 Å². The molecule has 1 aromatic carbocycles. The molecule has 0 saturated heterocycles. The van der Waals surface area contributed by atoms with Crippen LogP contribution in [-0.4, -0.2) is 17.8 Å². The van der Waals surface area contributed by atoms with Gasteiger partial charge in [0.1, 0.15) is 0 Å². The van der Waals surface area contributed by atoms with E-state index in [4.69, 9.17) is 0 Å². The second-order valence-corrected chi connectivity index (χ2v) is 7.86. The Morgan fingerprint density at radius 1 is 1.21 bits per heavy atom. The summed E-state index contributed by atoms with van der Waals surface area (Å²) in [7, 11) is 0. The summed E-state index contributed by atoms with van der Waals surface area (Å²) < 4.78 is 0. The van der Waals surface area contributed by atoms with E-state index >= 15 is 0 Å². The van der Waals surface area contributed by atoms with Gasteiger partial charge in [0, 0.05) is 22.7 Å². The Balaban J connectivity index is 2.68. The van der Waals surface area contributed by atoms with Crippen molar-refractivity contribution < 1.29 is 0 Å². The summed E-state index contributed by atoms with van der Waals surface area (Å²) in [6.07, 6.45) is 0. The fraction of sp³-hybridized carbons (Fsp3) is 0.647. The van der Waals surface area contributed by atoms with Crippen LogP contribution in [0.1, 0.15) is 57.2 Å². The maximum Gasteiger partial charge on any atom is 0.0545 e. The van der Waals surface area contributed by atoms with Crippen LogP contribution in [0.15, 0.2) is 11.0 Å². The summed E-state index contributed by atoms with van der Waals surface area (Å²) >= 11 is 2.06. The smallest absolute Gasteiger partial charge is 0.0545 e. The highest BCUT2D eigenvalue weighted by molar-refractivity contribution is 8.00. The minimum atomic E-state index is 0.571. The lowest BCUT2D eigenvalue weighted by Gasteiger charge is -2.40. The van der Waals surface area contributed by atoms with E-state index in [-0.39, 0.29) is 0 Å². The minimum Gasteiger partial charge on any atom is -0.367 e. The van der Waals surface area contributed by atoms with Crippen LogP contribution in [0.25, 0.3) is 0 Å². The molecule has 0 spiro atoms. The number of benzene rings is 1. The highest BCUT2D eigenvalue weighted by Gasteiger charge is 2.29. The van der Waals surface area contributed by atoms with E-state index in [9.17, 15) is 0 Å². The van der Waals surface area contributed by atoms with Gasteiger partial charge in [-0.3, -0.25) is 0 Å². The minimum absolute atomic E-state index is 0.571. The molecule has 1 atom stereocenters. The van der Waals surface area contributed by atoms with Crippen molar-refractivity contribution in [3.05, 3.63) is 22.8 Å². The van der Waals surface area contributed by atoms with Crippen molar-refractivity contribution in [2.24, 2.45) is 0 Å². The molecule has 0 aliphatic carbocycles. The number of nitrogens with zero attached hydrogens (tertiary/aromatic N) is 1. The van der Waals surface area contributed by atoms with E-state index in [0.29, 0.717) is 17.2 Å². The van der Waals surface area contributed by atoms with Gasteiger partial charge in [-0.05, 0) is 50.3 Å². The number of hydrogen-bond donors (Lipinski definition) is 0. The molecular weight excluding hydrogens is 250 g/mol. The number of fused-ring (bicyclic) bond motifs is 1. The number of rotatable bonds is 2. The first-order chi connectivity index (χ1) is 8.82. The summed E-state index contributed by atoms with van der Waals surface area (Å²) in [5, 5.41) is 0.676. The molecule has 2 rings (SSSR count). The van der Waals surface area contributed by atoms with Crippen LogP contribution in [-0.2, 0) is 0 Å². The molecule has 1 nitrogen and oxygen atoms in total. The fourth-order valence-electron chi connectivity index (χ4n) is 2.85. The lowest BCUT2D eigenvalue weighted by Crippen LogP contribution is -2.39. The Morgan fingerprint density at radius 3 is 2.37 bits per heavy atom. The maximum atomic E-state index is 2.61. The SMILES string of the molecule is Cc1cc(C(C)C)c2c(c1C)S[C@@H](C)CN2C(C)C. The fourth-order valence-corrected chi connectivity index (χ4v) is 4.18. The van der Waals surface area contributed by atoms with E-state index in [1.165, 1.54) is 27.3 Å². The largest absolute Gasteiger partial charge is 0.367 e. The Morgan fingerprint density at radius 2 is 1.84 bits per heavy atom. The molecule has 1 aromatic rings. The zero-order chi connectivity index (χ0) is 14.3. The van der Waals surface area contributed by atoms with Crippen molar-refractivity contribution in [1.29, 1.82) is 0 Å². The summed E-state index contributed by atoms with van der Waals surface area (Å²) in [5.41, 5.74) is 5.94. The van der Waals surface area contributed by atoms with E-state index in [1.54, 1.807) is 0 Å². The summed E-state index contributed by atoms with van der Waals surface area (Å²) in [6, 6.07) is 2.98. The Kier molecular flexibility index (Phi) is 4.20. The molecule has 2 heteroatoms. The van der Waals surface area contributed by atoms with Gasteiger partial charge >= 0.3 is 0 Å². The quantitative estimate of drug-likeness (QED) is 0.736. The second kappa shape index (κ2) is 5.40. The van der Waals surface area contributed by atoms with Crippen molar-refractivity contribution in [3.8, 4) is 0 Å². The molecule has 0 aromatic heterocycles. The zero-order valence-electron chi connectivity index (χ0n) is 13.4. The average molecular weight is 277 g/mol. The molecular formula is C17H27NS. The topological polar surface area (TPSA) is 3.24 Å². The van der Waals surface area contributed by atoms with Crippen molar-refractivity contribution in [2.45, 2.75) is 70.6 Å². The van der Waals surface area contributed by atoms with Gasteiger partial charge in [-0.1, -0.05) is 26.8 Å². The van der Waals surface area contributed by atoms with E-state index in [1.807, 2.05) is 0 Å². The van der Waals surface area contributed by atoms with E-state index in [2.05, 4.69) is 71.2 Å². The number of anilines is 1. The van der Waals surface area contributed by atoms with Crippen molar-refractivity contribution in [3.63, 3.8) is 0 Å². The molecule has 0 radical (unpaired) electrons. The second-order valence-electron chi connectivity index (χ2n) is 6.41. The molecule has 106 valence electrons. The third kappa shape index (κ3) is 2.65. The summed E-state index contributed by atoms with van der Waals surface area (Å²) in [5.74, 6) is 0.586. The van der Waals surface area contributed by atoms with E-state index in [0.717, 1.165) is 6.54 Å². The van der Waals surface area contributed by atoms with Crippen LogP contribution >= 0.6 is 11.8 Å². The van der Waals surface area contributed by atoms with Gasteiger partial charge in [-0.15, -0.1) is 11.8 Å². The van der Waals surface area contributed by atoms with E-state index < -0.39 is 0 Å². The van der Waals surface area contributed by atoms with Crippen molar-refractivity contribution in [1.82, 2.24) is 0 Å². The summed E-state index contributed by atoms with van der Waals surface area (Å²) in [6.45, 7) is 17.3. The molecule has 0 N–H and O–H groups in total. The molecule has 1 aliphatic rings. The first-order valence-corrected chi connectivity index (χ1v) is 8.28. The molecule has 0 unspecified atom stereocenters. The number of hydrogen-bond acceptors (Lipinski definition) is 2. The molecule has 0 saturated carbocycles. The number of thioether (sulfide) groups is 1. The van der Waals surface area contributed by atoms with Crippen LogP contribution < -0.4 is 4.90 Å². The van der Waals surface area contributed by atoms with Gasteiger partial charge in [-0.25, -0.2) is 0 Å². The number of aryl methyl sites for hydroxylation is 1. The van der Waals surface area contributed by atoms with Crippen LogP contribution in [0.2, 0.25) is 0 Å². The zero-order valence-corrected chi connectivity index (χ0v) is 14.2. The lowest BCUT2D eigenvalue weighted by atomic mass is 9.94. The average Bonchev–Trinajstić information content (AvgIpc) is 2.32. The van der Waals surface area contributed by atoms with Gasteiger partial charge in [0.05, 0.1) is 5.69 Å². The lowest BCUT2D eigenvalue weighted by molar-refractivity contribution is 0.653. The summed E-state index contributed by atoms with van der Waals surface area (Å²) in [4.78, 5) is 4.13. The third-order valence-electron chi connectivity index (χ3n) is 4.10.